The lowest BCUT2D eigenvalue weighted by Gasteiger charge is -2.63. The Morgan fingerprint density at radius 3 is 2.42 bits per heavy atom. The molecule has 1 N–H and O–H groups in total. The van der Waals surface area contributed by atoms with Gasteiger partial charge in [0, 0.05) is 123 Å². The number of piperidine rings is 1. The highest BCUT2D eigenvalue weighted by Gasteiger charge is 2.64. The molecule has 2 fully saturated rings. The first-order valence-electron chi connectivity index (χ1n) is 22.9. The average molecular weight is 937 g/mol. The number of aryl methyl sites for hydroxylation is 2. The molecule has 3 aromatic heterocycles. The Bertz CT molecular complexity index is 2710. The summed E-state index contributed by atoms with van der Waals surface area (Å²) in [5.41, 5.74) is 4.81. The maximum Gasteiger partial charge on any atom is 0.316 e. The normalized spacial score (nSPS) is 20.1. The maximum atomic E-state index is 14.7. The van der Waals surface area contributed by atoms with Crippen LogP contribution >= 0.6 is 11.6 Å². The minimum atomic E-state index is -2.68. The van der Waals surface area contributed by atoms with Crippen LogP contribution in [0.25, 0.3) is 11.1 Å². The van der Waals surface area contributed by atoms with Gasteiger partial charge in [-0.05, 0) is 61.1 Å². The van der Waals surface area contributed by atoms with Gasteiger partial charge < -0.3 is 24.6 Å². The Morgan fingerprint density at radius 1 is 1.01 bits per heavy atom. The van der Waals surface area contributed by atoms with E-state index in [0.29, 0.717) is 72.2 Å². The number of likely N-dealkylation sites (tertiary alicyclic amines) is 1. The van der Waals surface area contributed by atoms with E-state index in [4.69, 9.17) is 26.2 Å². The molecule has 0 unspecified atom stereocenters. The van der Waals surface area contributed by atoms with Gasteiger partial charge in [0.25, 0.3) is 12.3 Å². The third-order valence-electron chi connectivity index (χ3n) is 14.2. The van der Waals surface area contributed by atoms with Gasteiger partial charge in [0.15, 0.2) is 5.82 Å². The number of nitrogens with one attached hydrogen (secondary N) is 1. The molecule has 15 nitrogen and oxygen atoms in total. The molecule has 18 heteroatoms. The molecule has 6 heterocycles. The third kappa shape index (κ3) is 8.81. The molecule has 9 rings (SSSR count). The number of carbonyl (C=O) groups excluding carboxylic acids is 2. The largest absolute Gasteiger partial charge is 0.489 e. The van der Waals surface area contributed by atoms with Gasteiger partial charge in [-0.15, -0.1) is 0 Å². The summed E-state index contributed by atoms with van der Waals surface area (Å²) in [4.78, 5) is 41.0. The summed E-state index contributed by atoms with van der Waals surface area (Å²) in [7, 11) is 1.78. The average Bonchev–Trinajstić information content (AvgIpc) is 3.93. The van der Waals surface area contributed by atoms with Gasteiger partial charge in [0.1, 0.15) is 24.5 Å². The quantitative estimate of drug-likeness (QED) is 0.130. The van der Waals surface area contributed by atoms with Gasteiger partial charge in [-0.25, -0.2) is 18.7 Å². The van der Waals surface area contributed by atoms with Crippen molar-refractivity contribution in [1.82, 2.24) is 44.6 Å². The minimum absolute atomic E-state index is 0.00123. The molecule has 1 aliphatic carbocycles. The summed E-state index contributed by atoms with van der Waals surface area (Å²) in [5.74, 6) is 1.02. The van der Waals surface area contributed by atoms with E-state index in [0.717, 1.165) is 67.1 Å². The summed E-state index contributed by atoms with van der Waals surface area (Å²) in [5, 5.41) is 22.3. The fraction of sp³-hybridized carbons (Fsp3) is 0.490. The zero-order chi connectivity index (χ0) is 47.4. The first-order chi connectivity index (χ1) is 32.0. The van der Waals surface area contributed by atoms with Crippen molar-refractivity contribution in [3.05, 3.63) is 93.7 Å². The lowest BCUT2D eigenvalue weighted by molar-refractivity contribution is -0.164. The Hall–Kier alpha value is -6.12. The van der Waals surface area contributed by atoms with Crippen LogP contribution in [0, 0.1) is 22.2 Å². The van der Waals surface area contributed by atoms with Crippen molar-refractivity contribution in [3.8, 4) is 29.0 Å². The molecule has 0 radical (unpaired) electrons. The number of benzene rings is 2. The van der Waals surface area contributed by atoms with Crippen molar-refractivity contribution in [1.29, 1.82) is 5.26 Å². The second kappa shape index (κ2) is 18.2. The van der Waals surface area contributed by atoms with E-state index in [1.807, 2.05) is 38.7 Å². The molecule has 1 saturated carbocycles. The van der Waals surface area contributed by atoms with E-state index in [-0.39, 0.29) is 41.6 Å². The van der Waals surface area contributed by atoms with Crippen LogP contribution in [0.15, 0.2) is 55.1 Å². The third-order valence-corrected chi connectivity index (χ3v) is 14.6. The van der Waals surface area contributed by atoms with Crippen molar-refractivity contribution in [2.45, 2.75) is 97.9 Å². The highest BCUT2D eigenvalue weighted by molar-refractivity contribution is 6.31. The first kappa shape index (κ1) is 46.0. The summed E-state index contributed by atoms with van der Waals surface area (Å²) < 4.78 is 45.5. The number of hydrogen-bond donors (Lipinski definition) is 1. The number of hydrogen-bond acceptors (Lipinski definition) is 11. The van der Waals surface area contributed by atoms with Crippen LogP contribution in [0.4, 0.5) is 20.3 Å². The molecule has 1 saturated heterocycles. The van der Waals surface area contributed by atoms with Crippen LogP contribution in [0.2, 0.25) is 5.02 Å². The van der Waals surface area contributed by atoms with Crippen LogP contribution in [0.3, 0.4) is 0 Å². The number of nitrogens with zero attached hydrogens (tertiary/aromatic N) is 10. The second-order valence-electron chi connectivity index (χ2n) is 19.4. The number of carbonyl (C=O) groups is 2. The number of aromatic nitrogens is 6. The summed E-state index contributed by atoms with van der Waals surface area (Å²) in [6, 6.07) is 10.7. The number of halogens is 3. The summed E-state index contributed by atoms with van der Waals surface area (Å²) in [6.45, 7) is 14.1. The summed E-state index contributed by atoms with van der Waals surface area (Å²) >= 11 is 6.25. The van der Waals surface area contributed by atoms with E-state index < -0.39 is 17.3 Å². The van der Waals surface area contributed by atoms with Gasteiger partial charge in [-0.2, -0.15) is 15.5 Å². The Morgan fingerprint density at radius 2 is 1.76 bits per heavy atom. The number of rotatable bonds is 12. The fourth-order valence-corrected chi connectivity index (χ4v) is 11.3. The number of ether oxygens (including phenoxy) is 2. The van der Waals surface area contributed by atoms with Gasteiger partial charge in [0.05, 0.1) is 34.9 Å². The molecule has 0 bridgehead atoms. The number of nitriles is 1. The van der Waals surface area contributed by atoms with Crippen LogP contribution in [-0.4, -0.2) is 103 Å². The number of fused-ring (bicyclic) bond motifs is 2. The van der Waals surface area contributed by atoms with Gasteiger partial charge >= 0.3 is 6.01 Å². The molecule has 3 aliphatic heterocycles. The summed E-state index contributed by atoms with van der Waals surface area (Å²) in [6.07, 6.45) is 7.41. The van der Waals surface area contributed by atoms with E-state index in [1.54, 1.807) is 55.3 Å². The fourth-order valence-electron chi connectivity index (χ4n) is 11.0. The second-order valence-corrected chi connectivity index (χ2v) is 19.8. The lowest BCUT2D eigenvalue weighted by Crippen LogP contribution is -2.74. The van der Waals surface area contributed by atoms with Gasteiger partial charge in [0.2, 0.25) is 5.91 Å². The van der Waals surface area contributed by atoms with E-state index in [9.17, 15) is 23.6 Å². The van der Waals surface area contributed by atoms with E-state index >= 15 is 0 Å². The minimum Gasteiger partial charge on any atom is -0.489 e. The molecule has 4 aliphatic rings. The molecule has 2 aromatic carbocycles. The number of alkyl halides is 2. The Kier molecular flexibility index (Phi) is 12.5. The standard InChI is InChI=1S/C49H56ClF2N11O4/c1-29(64)61-17-13-40-38(28-61)43(62-14-7-8-30-20-36(33-26-56-59(6)27-33)37(42(51)52)22-41(30)62)58-63(40)34-11-15-60(16-12-34)18-19-66-47-54-24-32(25-55-47)44(65)57-45-48(2,3)46(49(45,4)5)67-35-10-9-31(23-53)39(50)21-35/h9-10,20-22,24-27,34,42,45-46H,7-8,11-19,28H2,1-6H3,(H,57,65). The number of anilines is 2. The molecule has 5 aromatic rings. The van der Waals surface area contributed by atoms with Gasteiger partial charge in [-0.1, -0.05) is 39.3 Å². The smallest absolute Gasteiger partial charge is 0.316 e. The van der Waals surface area contributed by atoms with E-state index in [1.165, 1.54) is 12.4 Å². The SMILES string of the molecule is CC(=O)N1CCc2c(c(N3CCCc4cc(-c5cnn(C)c5)c(C(F)F)cc43)nn2C2CCN(CCOc3ncc(C(=O)NC4C(C)(C)C(Oc5ccc(C#N)c(Cl)c5)C4(C)C)cn3)CC2)C1. The highest BCUT2D eigenvalue weighted by atomic mass is 35.5. The number of amides is 2. The molecular formula is C49H56ClF2N11O4. The zero-order valence-electron chi connectivity index (χ0n) is 38.7. The molecule has 0 atom stereocenters. The molecule has 0 spiro atoms. The Balaban J connectivity index is 0.813. The predicted molar refractivity (Wildman–Crippen MR) is 248 cm³/mol. The van der Waals surface area contributed by atoms with Crippen LogP contribution in [-0.2, 0) is 31.2 Å². The maximum absolute atomic E-state index is 14.7. The molecule has 67 heavy (non-hydrogen) atoms. The van der Waals surface area contributed by atoms with Gasteiger partial charge in [-0.3, -0.25) is 23.9 Å². The highest BCUT2D eigenvalue weighted by Crippen LogP contribution is 2.56. The predicted octanol–water partition coefficient (Wildman–Crippen LogP) is 7.85. The molecular weight excluding hydrogens is 880 g/mol. The zero-order valence-corrected chi connectivity index (χ0v) is 39.5. The first-order valence-corrected chi connectivity index (χ1v) is 23.3. The van der Waals surface area contributed by atoms with Crippen molar-refractivity contribution >= 4 is 34.9 Å². The van der Waals surface area contributed by atoms with Crippen molar-refractivity contribution in [2.24, 2.45) is 17.9 Å². The monoisotopic (exact) mass is 935 g/mol. The van der Waals surface area contributed by atoms with Crippen molar-refractivity contribution in [2.75, 3.05) is 44.2 Å². The topological polar surface area (TPSA) is 160 Å². The van der Waals surface area contributed by atoms with E-state index in [2.05, 4.69) is 40.9 Å². The van der Waals surface area contributed by atoms with Crippen molar-refractivity contribution < 1.29 is 27.8 Å². The van der Waals surface area contributed by atoms with Crippen LogP contribution < -0.4 is 19.7 Å². The van der Waals surface area contributed by atoms with Crippen LogP contribution in [0.1, 0.15) is 105 Å². The van der Waals surface area contributed by atoms with Crippen LogP contribution in [0.5, 0.6) is 11.8 Å². The lowest BCUT2D eigenvalue weighted by atomic mass is 9.49. The molecule has 352 valence electrons. The Labute approximate surface area is 394 Å². The van der Waals surface area contributed by atoms with Crippen molar-refractivity contribution in [3.63, 3.8) is 0 Å². The molecule has 2 amide bonds.